The van der Waals surface area contributed by atoms with Crippen molar-refractivity contribution in [2.75, 3.05) is 6.61 Å². The Bertz CT molecular complexity index is 1140. The normalized spacial score (nSPS) is 14.5. The second kappa shape index (κ2) is 13.0. The van der Waals surface area contributed by atoms with Crippen LogP contribution in [0.5, 0.6) is 5.75 Å². The second-order valence-electron chi connectivity index (χ2n) is 9.80. The van der Waals surface area contributed by atoms with Crippen LogP contribution in [-0.4, -0.2) is 35.4 Å². The third kappa shape index (κ3) is 7.91. The van der Waals surface area contributed by atoms with Crippen molar-refractivity contribution in [3.05, 3.63) is 101 Å². The molecule has 1 unspecified atom stereocenters. The van der Waals surface area contributed by atoms with E-state index >= 15 is 0 Å². The molecule has 5 nitrogen and oxygen atoms in total. The molecule has 6 heteroatoms. The largest absolute Gasteiger partial charge is 0.484 e. The van der Waals surface area contributed by atoms with Crippen LogP contribution in [0.2, 0.25) is 0 Å². The number of hydrogen-bond donors (Lipinski definition) is 1. The van der Waals surface area contributed by atoms with Crippen molar-refractivity contribution in [2.45, 2.75) is 64.1 Å². The number of nitrogens with one attached hydrogen (secondary N) is 1. The van der Waals surface area contributed by atoms with Crippen LogP contribution in [0.1, 0.15) is 48.8 Å². The zero-order valence-electron chi connectivity index (χ0n) is 21.4. The molecule has 0 radical (unpaired) electrons. The number of hydrogen-bond acceptors (Lipinski definition) is 3. The Balaban J connectivity index is 1.59. The van der Waals surface area contributed by atoms with Crippen LogP contribution in [0.15, 0.2) is 78.9 Å². The summed E-state index contributed by atoms with van der Waals surface area (Å²) in [5.74, 6) is -0.224. The molecule has 3 aromatic rings. The molecule has 1 aliphatic carbocycles. The first kappa shape index (κ1) is 26.4. The van der Waals surface area contributed by atoms with Crippen LogP contribution >= 0.6 is 0 Å². The summed E-state index contributed by atoms with van der Waals surface area (Å²) in [5, 5.41) is 3.22. The minimum Gasteiger partial charge on any atom is -0.484 e. The molecule has 2 amide bonds. The maximum atomic E-state index is 13.7. The maximum absolute atomic E-state index is 13.7. The van der Waals surface area contributed by atoms with E-state index in [0.717, 1.165) is 42.4 Å². The van der Waals surface area contributed by atoms with E-state index in [-0.39, 0.29) is 36.8 Å². The van der Waals surface area contributed by atoms with Crippen LogP contribution in [-0.2, 0) is 22.6 Å². The number of carbonyl (C=O) groups is 2. The summed E-state index contributed by atoms with van der Waals surface area (Å²) >= 11 is 0. The van der Waals surface area contributed by atoms with Crippen molar-refractivity contribution < 1.29 is 18.7 Å². The fraction of sp³-hybridized carbons (Fsp3) is 0.355. The van der Waals surface area contributed by atoms with Gasteiger partial charge in [-0.3, -0.25) is 9.59 Å². The fourth-order valence-corrected chi connectivity index (χ4v) is 4.75. The van der Waals surface area contributed by atoms with Crippen LogP contribution in [0.4, 0.5) is 4.39 Å². The molecule has 1 fully saturated rings. The van der Waals surface area contributed by atoms with Crippen molar-refractivity contribution in [1.29, 1.82) is 0 Å². The van der Waals surface area contributed by atoms with Crippen molar-refractivity contribution in [3.8, 4) is 5.75 Å². The van der Waals surface area contributed by atoms with Crippen LogP contribution in [0.25, 0.3) is 0 Å². The Hall–Kier alpha value is -3.67. The van der Waals surface area contributed by atoms with Gasteiger partial charge in [-0.15, -0.1) is 0 Å². The number of carbonyl (C=O) groups excluding carboxylic acids is 2. The van der Waals surface area contributed by atoms with Gasteiger partial charge >= 0.3 is 0 Å². The lowest BCUT2D eigenvalue weighted by Gasteiger charge is -2.33. The van der Waals surface area contributed by atoms with E-state index in [1.807, 2.05) is 61.5 Å². The minimum absolute atomic E-state index is 0.117. The molecule has 0 aromatic heterocycles. The second-order valence-corrected chi connectivity index (χ2v) is 9.80. The van der Waals surface area contributed by atoms with Gasteiger partial charge in [-0.05, 0) is 55.2 Å². The molecule has 0 heterocycles. The van der Waals surface area contributed by atoms with Gasteiger partial charge in [-0.2, -0.15) is 0 Å². The number of ether oxygens (including phenoxy) is 1. The molecule has 1 saturated carbocycles. The molecular weight excluding hydrogens is 467 g/mol. The van der Waals surface area contributed by atoms with E-state index in [4.69, 9.17) is 4.74 Å². The molecule has 1 aliphatic rings. The van der Waals surface area contributed by atoms with Gasteiger partial charge in [0.25, 0.3) is 5.91 Å². The highest BCUT2D eigenvalue weighted by atomic mass is 19.1. The van der Waals surface area contributed by atoms with E-state index in [1.54, 1.807) is 17.0 Å². The molecule has 0 bridgehead atoms. The zero-order valence-corrected chi connectivity index (χ0v) is 21.4. The summed E-state index contributed by atoms with van der Waals surface area (Å²) in [5.41, 5.74) is 2.80. The van der Waals surface area contributed by atoms with Gasteiger partial charge < -0.3 is 15.0 Å². The minimum atomic E-state index is -0.733. The number of nitrogens with zero attached hydrogens (tertiary/aromatic N) is 1. The van der Waals surface area contributed by atoms with Gasteiger partial charge in [0.05, 0.1) is 0 Å². The molecular formula is C31H35FN2O3. The predicted molar refractivity (Wildman–Crippen MR) is 143 cm³/mol. The Morgan fingerprint density at radius 3 is 2.27 bits per heavy atom. The molecule has 1 atom stereocenters. The molecule has 3 aromatic carbocycles. The number of amides is 2. The highest BCUT2D eigenvalue weighted by Crippen LogP contribution is 2.20. The van der Waals surface area contributed by atoms with Crippen LogP contribution < -0.4 is 10.1 Å². The summed E-state index contributed by atoms with van der Waals surface area (Å²) in [7, 11) is 0. The van der Waals surface area contributed by atoms with E-state index < -0.39 is 6.04 Å². The molecule has 0 spiro atoms. The van der Waals surface area contributed by atoms with Crippen molar-refractivity contribution >= 4 is 11.8 Å². The van der Waals surface area contributed by atoms with Gasteiger partial charge in [-0.25, -0.2) is 4.39 Å². The van der Waals surface area contributed by atoms with Gasteiger partial charge in [-0.1, -0.05) is 79.4 Å². The number of halogens is 1. The molecule has 0 aliphatic heterocycles. The number of aryl methyl sites for hydroxylation is 1. The van der Waals surface area contributed by atoms with Crippen molar-refractivity contribution in [1.82, 2.24) is 10.2 Å². The molecule has 1 N–H and O–H groups in total. The summed E-state index contributed by atoms with van der Waals surface area (Å²) in [4.78, 5) is 28.9. The SMILES string of the molecule is Cc1ccc(OCC(=O)N(Cc2ccc(F)cc2)C(Cc2ccccc2)C(=O)NC2CCCCC2)cc1. The van der Waals surface area contributed by atoms with E-state index in [0.29, 0.717) is 12.2 Å². The van der Waals surface area contributed by atoms with E-state index in [1.165, 1.54) is 18.6 Å². The van der Waals surface area contributed by atoms with Gasteiger partial charge in [0.15, 0.2) is 6.61 Å². The Kier molecular flexibility index (Phi) is 9.30. The van der Waals surface area contributed by atoms with Gasteiger partial charge in [0.1, 0.15) is 17.6 Å². The number of rotatable bonds is 10. The van der Waals surface area contributed by atoms with Crippen molar-refractivity contribution in [3.63, 3.8) is 0 Å². The van der Waals surface area contributed by atoms with Crippen LogP contribution in [0.3, 0.4) is 0 Å². The molecule has 37 heavy (non-hydrogen) atoms. The summed E-state index contributed by atoms with van der Waals surface area (Å²) in [6.45, 7) is 1.96. The lowest BCUT2D eigenvalue weighted by atomic mass is 9.94. The van der Waals surface area contributed by atoms with E-state index in [9.17, 15) is 14.0 Å². The summed E-state index contributed by atoms with van der Waals surface area (Å²) < 4.78 is 19.4. The highest BCUT2D eigenvalue weighted by Gasteiger charge is 2.32. The van der Waals surface area contributed by atoms with Crippen LogP contribution in [0, 0.1) is 12.7 Å². The molecule has 0 saturated heterocycles. The van der Waals surface area contributed by atoms with E-state index in [2.05, 4.69) is 5.32 Å². The maximum Gasteiger partial charge on any atom is 0.261 e. The highest BCUT2D eigenvalue weighted by molar-refractivity contribution is 5.88. The standard InChI is InChI=1S/C31H35FN2O3/c1-23-12-18-28(19-13-23)37-22-30(35)34(21-25-14-16-26(32)17-15-25)29(20-24-8-4-2-5-9-24)31(36)33-27-10-6-3-7-11-27/h2,4-5,8-9,12-19,27,29H,3,6-7,10-11,20-22H2,1H3,(H,33,36). The summed E-state index contributed by atoms with van der Waals surface area (Å²) in [6, 6.07) is 22.6. The topological polar surface area (TPSA) is 58.6 Å². The van der Waals surface area contributed by atoms with Crippen molar-refractivity contribution in [2.24, 2.45) is 0 Å². The lowest BCUT2D eigenvalue weighted by Crippen LogP contribution is -2.53. The third-order valence-electron chi connectivity index (χ3n) is 6.87. The zero-order chi connectivity index (χ0) is 26.0. The first-order valence-corrected chi connectivity index (χ1v) is 13.1. The molecule has 194 valence electrons. The Morgan fingerprint density at radius 2 is 1.59 bits per heavy atom. The fourth-order valence-electron chi connectivity index (χ4n) is 4.75. The van der Waals surface area contributed by atoms with Gasteiger partial charge in [0, 0.05) is 19.0 Å². The first-order chi connectivity index (χ1) is 18.0. The predicted octanol–water partition coefficient (Wildman–Crippen LogP) is 5.60. The molecule has 4 rings (SSSR count). The monoisotopic (exact) mass is 502 g/mol. The quantitative estimate of drug-likeness (QED) is 0.393. The average Bonchev–Trinajstić information content (AvgIpc) is 2.92. The lowest BCUT2D eigenvalue weighted by molar-refractivity contribution is -0.143. The Labute approximate surface area is 218 Å². The van der Waals surface area contributed by atoms with Gasteiger partial charge in [0.2, 0.25) is 5.91 Å². The first-order valence-electron chi connectivity index (χ1n) is 13.1. The average molecular weight is 503 g/mol. The summed E-state index contributed by atoms with van der Waals surface area (Å²) in [6.07, 6.45) is 5.65. The smallest absolute Gasteiger partial charge is 0.261 e. The Morgan fingerprint density at radius 1 is 0.919 bits per heavy atom. The third-order valence-corrected chi connectivity index (χ3v) is 6.87. The number of benzene rings is 3.